The molecular formula is C18H14FNO3S. The predicted molar refractivity (Wildman–Crippen MR) is 88.6 cm³/mol. The van der Waals surface area contributed by atoms with E-state index in [4.69, 9.17) is 0 Å². The van der Waals surface area contributed by atoms with Crippen molar-refractivity contribution in [1.82, 2.24) is 3.97 Å². The summed E-state index contributed by atoms with van der Waals surface area (Å²) in [6, 6.07) is 11.3. The maximum atomic E-state index is 13.7. The zero-order chi connectivity index (χ0) is 17.1. The Morgan fingerprint density at radius 3 is 2.50 bits per heavy atom. The van der Waals surface area contributed by atoms with Crippen LogP contribution in [0.5, 0.6) is 0 Å². The first-order chi connectivity index (χ1) is 11.4. The summed E-state index contributed by atoms with van der Waals surface area (Å²) in [5, 5.41) is 0.608. The van der Waals surface area contributed by atoms with Gasteiger partial charge in [-0.05, 0) is 42.8 Å². The third-order valence-electron chi connectivity index (χ3n) is 4.46. The van der Waals surface area contributed by atoms with Gasteiger partial charge in [0.15, 0.2) is 12.0 Å². The molecule has 0 saturated heterocycles. The SMILES string of the molecule is Cc1ccc(S(=O)(=O)n2ccc3c4c(ccc32)C(=O)C(F)C4)cc1. The van der Waals surface area contributed by atoms with Gasteiger partial charge in [0.2, 0.25) is 0 Å². The Bertz CT molecular complexity index is 1080. The number of aryl methyl sites for hydroxylation is 1. The molecule has 4 rings (SSSR count). The van der Waals surface area contributed by atoms with E-state index in [1.807, 2.05) is 6.92 Å². The molecule has 6 heteroatoms. The molecule has 4 nitrogen and oxygen atoms in total. The molecule has 1 aliphatic rings. The van der Waals surface area contributed by atoms with E-state index in [1.165, 1.54) is 16.2 Å². The quantitative estimate of drug-likeness (QED) is 0.718. The van der Waals surface area contributed by atoms with Gasteiger partial charge in [-0.25, -0.2) is 16.8 Å². The molecule has 0 N–H and O–H groups in total. The molecule has 24 heavy (non-hydrogen) atoms. The van der Waals surface area contributed by atoms with Crippen molar-refractivity contribution in [3.05, 3.63) is 65.4 Å². The fraction of sp³-hybridized carbons (Fsp3) is 0.167. The lowest BCUT2D eigenvalue weighted by Gasteiger charge is -2.09. The van der Waals surface area contributed by atoms with Gasteiger partial charge >= 0.3 is 0 Å². The molecule has 1 atom stereocenters. The molecule has 122 valence electrons. The van der Waals surface area contributed by atoms with E-state index >= 15 is 0 Å². The van der Waals surface area contributed by atoms with Crippen LogP contribution in [0.3, 0.4) is 0 Å². The fourth-order valence-electron chi connectivity index (χ4n) is 3.18. The lowest BCUT2D eigenvalue weighted by Crippen LogP contribution is -2.11. The number of rotatable bonds is 2. The Balaban J connectivity index is 1.92. The standard InChI is InChI=1S/C18H14FNO3S/c1-11-2-4-12(5-3-11)24(22,23)20-9-8-13-15-10-16(19)18(21)14(15)6-7-17(13)20/h2-9,16H,10H2,1H3. The first kappa shape index (κ1) is 15.1. The van der Waals surface area contributed by atoms with Crippen LogP contribution in [-0.4, -0.2) is 24.3 Å². The first-order valence-electron chi connectivity index (χ1n) is 7.53. The minimum absolute atomic E-state index is 0.0000985. The largest absolute Gasteiger partial charge is 0.291 e. The zero-order valence-electron chi connectivity index (χ0n) is 12.9. The molecule has 3 aromatic rings. The minimum Gasteiger partial charge on any atom is -0.291 e. The number of ketones is 1. The molecule has 0 fully saturated rings. The predicted octanol–water partition coefficient (Wildman–Crippen LogP) is 3.26. The average Bonchev–Trinajstić information content (AvgIpc) is 3.10. The monoisotopic (exact) mass is 343 g/mol. The van der Waals surface area contributed by atoms with E-state index in [0.29, 0.717) is 22.0 Å². The van der Waals surface area contributed by atoms with Crippen molar-refractivity contribution in [2.24, 2.45) is 0 Å². The van der Waals surface area contributed by atoms with Crippen molar-refractivity contribution < 1.29 is 17.6 Å². The summed E-state index contributed by atoms with van der Waals surface area (Å²) >= 11 is 0. The highest BCUT2D eigenvalue weighted by atomic mass is 32.2. The molecule has 1 unspecified atom stereocenters. The number of alkyl halides is 1. The number of halogens is 1. The second kappa shape index (κ2) is 5.01. The molecule has 0 bridgehead atoms. The summed E-state index contributed by atoms with van der Waals surface area (Å²) in [7, 11) is -3.75. The van der Waals surface area contributed by atoms with Gasteiger partial charge in [0, 0.05) is 23.6 Å². The van der Waals surface area contributed by atoms with Gasteiger partial charge in [0.25, 0.3) is 10.0 Å². The van der Waals surface area contributed by atoms with Crippen LogP contribution < -0.4 is 0 Å². The average molecular weight is 343 g/mol. The summed E-state index contributed by atoms with van der Waals surface area (Å²) in [6.45, 7) is 1.88. The Morgan fingerprint density at radius 1 is 1.08 bits per heavy atom. The highest BCUT2D eigenvalue weighted by molar-refractivity contribution is 7.90. The van der Waals surface area contributed by atoms with Crippen LogP contribution >= 0.6 is 0 Å². The van der Waals surface area contributed by atoms with Crippen molar-refractivity contribution >= 4 is 26.7 Å². The van der Waals surface area contributed by atoms with Gasteiger partial charge in [-0.1, -0.05) is 17.7 Å². The van der Waals surface area contributed by atoms with Gasteiger partial charge in [-0.15, -0.1) is 0 Å². The van der Waals surface area contributed by atoms with E-state index < -0.39 is 22.0 Å². The maximum absolute atomic E-state index is 13.7. The maximum Gasteiger partial charge on any atom is 0.268 e. The molecule has 0 saturated carbocycles. The summed E-state index contributed by atoms with van der Waals surface area (Å²) in [5.41, 5.74) is 2.36. The van der Waals surface area contributed by atoms with Crippen LogP contribution in [0.25, 0.3) is 10.9 Å². The number of carbonyl (C=O) groups is 1. The van der Waals surface area contributed by atoms with E-state index in [1.54, 1.807) is 36.4 Å². The van der Waals surface area contributed by atoms with Gasteiger partial charge in [-0.3, -0.25) is 4.79 Å². The minimum atomic E-state index is -3.75. The van der Waals surface area contributed by atoms with Gasteiger partial charge in [-0.2, -0.15) is 0 Å². The molecule has 2 aromatic carbocycles. The van der Waals surface area contributed by atoms with Gasteiger partial charge in [0.1, 0.15) is 0 Å². The van der Waals surface area contributed by atoms with E-state index in [-0.39, 0.29) is 11.3 Å². The van der Waals surface area contributed by atoms with Crippen molar-refractivity contribution in [3.63, 3.8) is 0 Å². The summed E-state index contributed by atoms with van der Waals surface area (Å²) in [4.78, 5) is 12.0. The molecule has 0 aliphatic heterocycles. The first-order valence-corrected chi connectivity index (χ1v) is 8.97. The van der Waals surface area contributed by atoms with E-state index in [2.05, 4.69) is 0 Å². The molecule has 1 aromatic heterocycles. The van der Waals surface area contributed by atoms with Crippen LogP contribution in [0.15, 0.2) is 53.6 Å². The number of Topliss-reactive ketones (excluding diaryl/α,β-unsaturated/α-hetero) is 1. The topological polar surface area (TPSA) is 56.1 Å². The molecule has 0 spiro atoms. The van der Waals surface area contributed by atoms with Crippen molar-refractivity contribution in [1.29, 1.82) is 0 Å². The highest BCUT2D eigenvalue weighted by Crippen LogP contribution is 2.33. The Kier molecular flexibility index (Phi) is 3.15. The number of hydrogen-bond donors (Lipinski definition) is 0. The molecule has 0 radical (unpaired) electrons. The summed E-state index contributed by atoms with van der Waals surface area (Å²) in [5.74, 6) is -0.527. The van der Waals surface area contributed by atoms with E-state index in [0.717, 1.165) is 5.56 Å². The highest BCUT2D eigenvalue weighted by Gasteiger charge is 2.32. The van der Waals surface area contributed by atoms with Crippen molar-refractivity contribution in [2.75, 3.05) is 0 Å². The number of carbonyl (C=O) groups excluding carboxylic acids is 1. The lowest BCUT2D eigenvalue weighted by molar-refractivity contribution is 0.0899. The van der Waals surface area contributed by atoms with Crippen LogP contribution in [0.1, 0.15) is 21.5 Å². The van der Waals surface area contributed by atoms with Gasteiger partial charge < -0.3 is 0 Å². The third kappa shape index (κ3) is 2.03. The third-order valence-corrected chi connectivity index (χ3v) is 6.16. The Hall–Kier alpha value is -2.47. The number of nitrogens with zero attached hydrogens (tertiary/aromatic N) is 1. The lowest BCUT2D eigenvalue weighted by atomic mass is 10.1. The van der Waals surface area contributed by atoms with Crippen LogP contribution in [-0.2, 0) is 16.4 Å². The summed E-state index contributed by atoms with van der Waals surface area (Å²) in [6.07, 6.45) is -0.0846. The van der Waals surface area contributed by atoms with E-state index in [9.17, 15) is 17.6 Å². The van der Waals surface area contributed by atoms with Crippen molar-refractivity contribution in [3.8, 4) is 0 Å². The van der Waals surface area contributed by atoms with Crippen LogP contribution in [0.2, 0.25) is 0 Å². The number of fused-ring (bicyclic) bond motifs is 3. The molecule has 1 aliphatic carbocycles. The molecule has 0 amide bonds. The zero-order valence-corrected chi connectivity index (χ0v) is 13.7. The second-order valence-electron chi connectivity index (χ2n) is 5.99. The van der Waals surface area contributed by atoms with Crippen LogP contribution in [0.4, 0.5) is 4.39 Å². The number of aromatic nitrogens is 1. The summed E-state index contributed by atoms with van der Waals surface area (Å²) < 4.78 is 40.6. The van der Waals surface area contributed by atoms with Gasteiger partial charge in [0.05, 0.1) is 10.4 Å². The smallest absolute Gasteiger partial charge is 0.268 e. The Labute approximate surface area is 138 Å². The number of hydrogen-bond acceptors (Lipinski definition) is 3. The second-order valence-corrected chi connectivity index (χ2v) is 7.80. The molecular weight excluding hydrogens is 329 g/mol. The van der Waals surface area contributed by atoms with Crippen molar-refractivity contribution in [2.45, 2.75) is 24.4 Å². The molecule has 1 heterocycles. The Morgan fingerprint density at radius 2 is 1.79 bits per heavy atom. The van der Waals surface area contributed by atoms with Crippen LogP contribution in [0, 0.1) is 6.92 Å². The number of benzene rings is 2. The fourth-order valence-corrected chi connectivity index (χ4v) is 4.52. The normalized spacial score (nSPS) is 17.4.